The van der Waals surface area contributed by atoms with Crippen molar-refractivity contribution in [1.82, 2.24) is 14.8 Å². The first-order chi connectivity index (χ1) is 13.5. The van der Waals surface area contributed by atoms with Gasteiger partial charge in [-0.05, 0) is 55.5 Å². The van der Waals surface area contributed by atoms with E-state index in [1.807, 2.05) is 11.5 Å². The lowest BCUT2D eigenvalue weighted by atomic mass is 10.3. The molecule has 6 nitrogen and oxygen atoms in total. The minimum absolute atomic E-state index is 0.151. The number of hydrogen-bond acceptors (Lipinski definition) is 5. The maximum absolute atomic E-state index is 13.0. The molecule has 9 heteroatoms. The van der Waals surface area contributed by atoms with Gasteiger partial charge in [-0.25, -0.2) is 4.39 Å². The van der Waals surface area contributed by atoms with E-state index in [1.165, 1.54) is 23.9 Å². The number of carbonyl (C=O) groups excluding carboxylic acids is 1. The van der Waals surface area contributed by atoms with E-state index in [2.05, 4.69) is 15.5 Å². The maximum Gasteiger partial charge on any atom is 0.234 e. The van der Waals surface area contributed by atoms with Crippen LogP contribution >= 0.6 is 23.4 Å². The number of anilines is 1. The minimum Gasteiger partial charge on any atom is -0.486 e. The molecule has 0 fully saturated rings. The van der Waals surface area contributed by atoms with Crippen molar-refractivity contribution in [3.05, 3.63) is 65.2 Å². The molecule has 0 radical (unpaired) electrons. The lowest BCUT2D eigenvalue weighted by molar-refractivity contribution is -0.113. The molecule has 0 aliphatic heterocycles. The molecule has 28 heavy (non-hydrogen) atoms. The molecule has 3 rings (SSSR count). The van der Waals surface area contributed by atoms with Gasteiger partial charge >= 0.3 is 0 Å². The van der Waals surface area contributed by atoms with Crippen LogP contribution in [0.2, 0.25) is 5.02 Å². The molecule has 146 valence electrons. The number of hydrogen-bond donors (Lipinski definition) is 1. The fourth-order valence-electron chi connectivity index (χ4n) is 2.39. The van der Waals surface area contributed by atoms with E-state index in [1.54, 1.807) is 36.4 Å². The molecule has 0 spiro atoms. The molecule has 0 saturated carbocycles. The van der Waals surface area contributed by atoms with E-state index >= 15 is 0 Å². The summed E-state index contributed by atoms with van der Waals surface area (Å²) >= 11 is 7.13. The zero-order valence-corrected chi connectivity index (χ0v) is 16.6. The van der Waals surface area contributed by atoms with Gasteiger partial charge in [0, 0.05) is 17.3 Å². The van der Waals surface area contributed by atoms with Crippen LogP contribution in [0.1, 0.15) is 12.7 Å². The van der Waals surface area contributed by atoms with Crippen molar-refractivity contribution in [3.63, 3.8) is 0 Å². The van der Waals surface area contributed by atoms with Gasteiger partial charge in [0.15, 0.2) is 11.0 Å². The van der Waals surface area contributed by atoms with Crippen molar-refractivity contribution in [3.8, 4) is 5.75 Å². The second kappa shape index (κ2) is 9.57. The van der Waals surface area contributed by atoms with Crippen molar-refractivity contribution in [1.29, 1.82) is 0 Å². The van der Waals surface area contributed by atoms with Crippen molar-refractivity contribution >= 4 is 35.0 Å². The summed E-state index contributed by atoms with van der Waals surface area (Å²) in [5.41, 5.74) is 0.681. The Labute approximate surface area is 171 Å². The maximum atomic E-state index is 13.0. The Balaban J connectivity index is 1.56. The topological polar surface area (TPSA) is 69.0 Å². The van der Waals surface area contributed by atoms with Gasteiger partial charge in [-0.3, -0.25) is 4.79 Å². The molecule has 0 saturated heterocycles. The number of ether oxygens (including phenoxy) is 1. The van der Waals surface area contributed by atoms with Crippen LogP contribution in [0.25, 0.3) is 0 Å². The van der Waals surface area contributed by atoms with Crippen LogP contribution in [0, 0.1) is 5.82 Å². The van der Waals surface area contributed by atoms with Crippen LogP contribution in [0.4, 0.5) is 10.1 Å². The Morgan fingerprint density at radius 3 is 2.57 bits per heavy atom. The smallest absolute Gasteiger partial charge is 0.234 e. The van der Waals surface area contributed by atoms with Gasteiger partial charge in [0.25, 0.3) is 0 Å². The second-order valence-corrected chi connectivity index (χ2v) is 7.11. The molecular weight excluding hydrogens is 403 g/mol. The van der Waals surface area contributed by atoms with Gasteiger partial charge in [0.1, 0.15) is 18.2 Å². The lowest BCUT2D eigenvalue weighted by Gasteiger charge is -2.09. The zero-order valence-electron chi connectivity index (χ0n) is 15.1. The number of carbonyl (C=O) groups is 1. The largest absolute Gasteiger partial charge is 0.486 e. The summed E-state index contributed by atoms with van der Waals surface area (Å²) in [4.78, 5) is 12.1. The molecule has 0 atom stereocenters. The fourth-order valence-corrected chi connectivity index (χ4v) is 3.34. The fraction of sp³-hybridized carbons (Fsp3) is 0.211. The highest BCUT2D eigenvalue weighted by atomic mass is 35.5. The van der Waals surface area contributed by atoms with Crippen LogP contribution < -0.4 is 10.1 Å². The van der Waals surface area contributed by atoms with E-state index in [0.29, 0.717) is 34.0 Å². The van der Waals surface area contributed by atoms with Crippen LogP contribution in [0.15, 0.2) is 53.7 Å². The van der Waals surface area contributed by atoms with Gasteiger partial charge < -0.3 is 14.6 Å². The molecule has 1 N–H and O–H groups in total. The van der Waals surface area contributed by atoms with Gasteiger partial charge in [-0.2, -0.15) is 0 Å². The summed E-state index contributed by atoms with van der Waals surface area (Å²) in [7, 11) is 0. The normalized spacial score (nSPS) is 10.7. The molecule has 0 aliphatic rings. The first kappa shape index (κ1) is 20.2. The zero-order chi connectivity index (χ0) is 19.9. The highest BCUT2D eigenvalue weighted by Gasteiger charge is 2.14. The summed E-state index contributed by atoms with van der Waals surface area (Å²) in [5, 5.41) is 12.3. The number of nitrogens with one attached hydrogen (secondary N) is 1. The number of amides is 1. The third kappa shape index (κ3) is 5.46. The third-order valence-electron chi connectivity index (χ3n) is 3.75. The highest BCUT2D eigenvalue weighted by Crippen LogP contribution is 2.20. The Morgan fingerprint density at radius 1 is 1.18 bits per heavy atom. The van der Waals surface area contributed by atoms with Crippen molar-refractivity contribution in [2.75, 3.05) is 11.1 Å². The van der Waals surface area contributed by atoms with Crippen LogP contribution in [0.3, 0.4) is 0 Å². The van der Waals surface area contributed by atoms with E-state index in [-0.39, 0.29) is 24.1 Å². The predicted molar refractivity (Wildman–Crippen MR) is 107 cm³/mol. The molecule has 0 unspecified atom stereocenters. The van der Waals surface area contributed by atoms with Crippen molar-refractivity contribution in [2.45, 2.75) is 25.2 Å². The number of nitrogens with zero attached hydrogens (tertiary/aromatic N) is 3. The van der Waals surface area contributed by atoms with Crippen LogP contribution in [-0.4, -0.2) is 26.4 Å². The molecule has 1 heterocycles. The first-order valence-corrected chi connectivity index (χ1v) is 9.90. The molecule has 2 aromatic carbocycles. The molecule has 0 bridgehead atoms. The van der Waals surface area contributed by atoms with Crippen molar-refractivity contribution in [2.24, 2.45) is 0 Å². The monoisotopic (exact) mass is 420 g/mol. The van der Waals surface area contributed by atoms with E-state index in [4.69, 9.17) is 16.3 Å². The lowest BCUT2D eigenvalue weighted by Crippen LogP contribution is -2.14. The SMILES string of the molecule is CCn1c(COc2ccc(F)cc2)nnc1SCC(=O)Nc1ccc(Cl)cc1. The Hall–Kier alpha value is -2.58. The third-order valence-corrected chi connectivity index (χ3v) is 4.97. The van der Waals surface area contributed by atoms with Gasteiger partial charge in [0.05, 0.1) is 5.75 Å². The van der Waals surface area contributed by atoms with Gasteiger partial charge in [-0.1, -0.05) is 23.4 Å². The van der Waals surface area contributed by atoms with Crippen LogP contribution in [0.5, 0.6) is 5.75 Å². The number of rotatable bonds is 8. The van der Waals surface area contributed by atoms with E-state index in [9.17, 15) is 9.18 Å². The van der Waals surface area contributed by atoms with Crippen molar-refractivity contribution < 1.29 is 13.9 Å². The number of aromatic nitrogens is 3. The number of thioether (sulfide) groups is 1. The second-order valence-electron chi connectivity index (χ2n) is 5.73. The molecule has 1 aromatic heterocycles. The first-order valence-electron chi connectivity index (χ1n) is 8.54. The summed E-state index contributed by atoms with van der Waals surface area (Å²) < 4.78 is 20.5. The summed E-state index contributed by atoms with van der Waals surface area (Å²) in [5.74, 6) is 0.900. The Kier molecular flexibility index (Phi) is 6.89. The number of halogens is 2. The van der Waals surface area contributed by atoms with Gasteiger partial charge in [-0.15, -0.1) is 10.2 Å². The molecule has 0 aliphatic carbocycles. The summed E-state index contributed by atoms with van der Waals surface area (Å²) in [6, 6.07) is 12.7. The summed E-state index contributed by atoms with van der Waals surface area (Å²) in [6.07, 6.45) is 0. The van der Waals surface area contributed by atoms with E-state index < -0.39 is 0 Å². The predicted octanol–water partition coefficient (Wildman–Crippen LogP) is 4.40. The molecule has 1 amide bonds. The Bertz CT molecular complexity index is 932. The van der Waals surface area contributed by atoms with Gasteiger partial charge in [0.2, 0.25) is 5.91 Å². The Morgan fingerprint density at radius 2 is 1.89 bits per heavy atom. The number of benzene rings is 2. The van der Waals surface area contributed by atoms with Crippen LogP contribution in [-0.2, 0) is 17.9 Å². The van der Waals surface area contributed by atoms with E-state index in [0.717, 1.165) is 0 Å². The minimum atomic E-state index is -0.320. The molecular formula is C19H18ClFN4O2S. The molecule has 3 aromatic rings. The summed E-state index contributed by atoms with van der Waals surface area (Å²) in [6.45, 7) is 2.79. The standard InChI is InChI=1S/C19H18ClFN4O2S/c1-2-25-17(11-27-16-9-5-14(21)6-10-16)23-24-19(25)28-12-18(26)22-15-7-3-13(20)4-8-15/h3-10H,2,11-12H2,1H3,(H,22,26). The average molecular weight is 421 g/mol. The average Bonchev–Trinajstić information content (AvgIpc) is 3.09. The highest BCUT2D eigenvalue weighted by molar-refractivity contribution is 7.99. The quantitative estimate of drug-likeness (QED) is 0.547.